The SMILES string of the molecule is C=CCN(C(=O)c1ccc(NC(=O)c2ccccc2)cc1)c1nc2c(s1)CCCC2. The highest BCUT2D eigenvalue weighted by Gasteiger charge is 2.23. The summed E-state index contributed by atoms with van der Waals surface area (Å²) in [6.45, 7) is 4.20. The Morgan fingerprint density at radius 3 is 2.47 bits per heavy atom. The first-order valence-electron chi connectivity index (χ1n) is 10.0. The Hall–Kier alpha value is -3.25. The predicted octanol–water partition coefficient (Wildman–Crippen LogP) is 5.11. The monoisotopic (exact) mass is 417 g/mol. The standard InChI is InChI=1S/C24H23N3O2S/c1-2-16-27(24-26-20-10-6-7-11-21(20)30-24)23(29)18-12-14-19(15-13-18)25-22(28)17-8-4-3-5-9-17/h2-5,8-9,12-15H,1,6-7,10-11,16H2,(H,25,28). The van der Waals surface area contributed by atoms with Gasteiger partial charge in [0.1, 0.15) is 0 Å². The van der Waals surface area contributed by atoms with Gasteiger partial charge in [0.2, 0.25) is 0 Å². The fourth-order valence-electron chi connectivity index (χ4n) is 3.48. The number of hydrogen-bond donors (Lipinski definition) is 1. The van der Waals surface area contributed by atoms with Crippen molar-refractivity contribution in [2.75, 3.05) is 16.8 Å². The summed E-state index contributed by atoms with van der Waals surface area (Å²) >= 11 is 1.60. The van der Waals surface area contributed by atoms with E-state index in [4.69, 9.17) is 4.98 Å². The van der Waals surface area contributed by atoms with Crippen LogP contribution >= 0.6 is 11.3 Å². The van der Waals surface area contributed by atoms with Gasteiger partial charge in [-0.15, -0.1) is 17.9 Å². The maximum Gasteiger partial charge on any atom is 0.260 e. The van der Waals surface area contributed by atoms with Crippen LogP contribution in [0.5, 0.6) is 0 Å². The minimum Gasteiger partial charge on any atom is -0.322 e. The van der Waals surface area contributed by atoms with Crippen LogP contribution in [-0.4, -0.2) is 23.3 Å². The molecule has 0 radical (unpaired) electrons. The van der Waals surface area contributed by atoms with Gasteiger partial charge in [0.15, 0.2) is 5.13 Å². The number of nitrogens with one attached hydrogen (secondary N) is 1. The highest BCUT2D eigenvalue weighted by Crippen LogP contribution is 2.32. The normalized spacial score (nSPS) is 12.7. The summed E-state index contributed by atoms with van der Waals surface area (Å²) < 4.78 is 0. The molecule has 1 N–H and O–H groups in total. The van der Waals surface area contributed by atoms with E-state index < -0.39 is 0 Å². The van der Waals surface area contributed by atoms with E-state index in [0.717, 1.165) is 30.1 Å². The van der Waals surface area contributed by atoms with Crippen LogP contribution in [0.25, 0.3) is 0 Å². The molecule has 1 aliphatic rings. The molecule has 2 aromatic carbocycles. The van der Waals surface area contributed by atoms with Gasteiger partial charge in [0.25, 0.3) is 11.8 Å². The Morgan fingerprint density at radius 1 is 1.03 bits per heavy atom. The fraction of sp³-hybridized carbons (Fsp3) is 0.208. The van der Waals surface area contributed by atoms with Crippen molar-refractivity contribution in [3.05, 3.63) is 89.0 Å². The van der Waals surface area contributed by atoms with Crippen molar-refractivity contribution in [2.24, 2.45) is 0 Å². The molecule has 1 aliphatic carbocycles. The molecule has 30 heavy (non-hydrogen) atoms. The molecule has 5 nitrogen and oxygen atoms in total. The third kappa shape index (κ3) is 4.33. The molecule has 0 fully saturated rings. The second-order valence-corrected chi connectivity index (χ2v) is 8.24. The lowest BCUT2D eigenvalue weighted by Gasteiger charge is -2.18. The number of fused-ring (bicyclic) bond motifs is 1. The zero-order chi connectivity index (χ0) is 20.9. The Bertz CT molecular complexity index is 1030. The van der Waals surface area contributed by atoms with Crippen molar-refractivity contribution in [1.29, 1.82) is 0 Å². The molecule has 0 unspecified atom stereocenters. The maximum atomic E-state index is 13.2. The molecule has 0 saturated heterocycles. The van der Waals surface area contributed by atoms with E-state index in [1.165, 1.54) is 11.3 Å². The number of amides is 2. The predicted molar refractivity (Wildman–Crippen MR) is 121 cm³/mol. The highest BCUT2D eigenvalue weighted by atomic mass is 32.1. The van der Waals surface area contributed by atoms with E-state index in [1.807, 2.05) is 18.2 Å². The van der Waals surface area contributed by atoms with Gasteiger partial charge in [-0.3, -0.25) is 14.5 Å². The van der Waals surface area contributed by atoms with Gasteiger partial charge in [-0.25, -0.2) is 4.98 Å². The Morgan fingerprint density at radius 2 is 1.77 bits per heavy atom. The van der Waals surface area contributed by atoms with Crippen molar-refractivity contribution >= 4 is 34.0 Å². The zero-order valence-electron chi connectivity index (χ0n) is 16.6. The quantitative estimate of drug-likeness (QED) is 0.567. The number of aryl methyl sites for hydroxylation is 2. The lowest BCUT2D eigenvalue weighted by molar-refractivity contribution is 0.0988. The summed E-state index contributed by atoms with van der Waals surface area (Å²) in [4.78, 5) is 33.2. The van der Waals surface area contributed by atoms with Crippen LogP contribution in [0.1, 0.15) is 44.1 Å². The third-order valence-electron chi connectivity index (χ3n) is 5.05. The second-order valence-electron chi connectivity index (χ2n) is 7.18. The molecule has 4 rings (SSSR count). The van der Waals surface area contributed by atoms with Crippen LogP contribution in [0.3, 0.4) is 0 Å². The first-order valence-corrected chi connectivity index (χ1v) is 10.8. The first kappa shape index (κ1) is 20.0. The molecular formula is C24H23N3O2S. The lowest BCUT2D eigenvalue weighted by atomic mass is 10.0. The summed E-state index contributed by atoms with van der Waals surface area (Å²) in [5, 5.41) is 3.58. The van der Waals surface area contributed by atoms with Crippen molar-refractivity contribution < 1.29 is 9.59 Å². The molecule has 1 heterocycles. The van der Waals surface area contributed by atoms with Crippen LogP contribution < -0.4 is 10.2 Å². The van der Waals surface area contributed by atoms with Gasteiger partial charge in [0.05, 0.1) is 5.69 Å². The zero-order valence-corrected chi connectivity index (χ0v) is 17.5. The summed E-state index contributed by atoms with van der Waals surface area (Å²) in [7, 11) is 0. The van der Waals surface area contributed by atoms with E-state index in [1.54, 1.807) is 58.7 Å². The number of thiazole rings is 1. The van der Waals surface area contributed by atoms with Gasteiger partial charge in [0, 0.05) is 28.2 Å². The fourth-order valence-corrected chi connectivity index (χ4v) is 4.63. The number of benzene rings is 2. The number of anilines is 2. The number of aromatic nitrogens is 1. The van der Waals surface area contributed by atoms with E-state index in [2.05, 4.69) is 11.9 Å². The molecule has 0 bridgehead atoms. The number of carbonyl (C=O) groups is 2. The van der Waals surface area contributed by atoms with Crippen LogP contribution in [0.4, 0.5) is 10.8 Å². The number of nitrogens with zero attached hydrogens (tertiary/aromatic N) is 2. The Balaban J connectivity index is 1.50. The molecule has 0 atom stereocenters. The van der Waals surface area contributed by atoms with E-state index in [9.17, 15) is 9.59 Å². The van der Waals surface area contributed by atoms with Crippen LogP contribution in [-0.2, 0) is 12.8 Å². The van der Waals surface area contributed by atoms with Crippen molar-refractivity contribution in [3.63, 3.8) is 0 Å². The van der Waals surface area contributed by atoms with Crippen LogP contribution in [0.15, 0.2) is 67.3 Å². The van der Waals surface area contributed by atoms with Gasteiger partial charge in [-0.2, -0.15) is 0 Å². The number of hydrogen-bond acceptors (Lipinski definition) is 4. The van der Waals surface area contributed by atoms with Crippen molar-refractivity contribution in [2.45, 2.75) is 25.7 Å². The highest BCUT2D eigenvalue weighted by molar-refractivity contribution is 7.16. The summed E-state index contributed by atoms with van der Waals surface area (Å²) in [5.74, 6) is -0.307. The van der Waals surface area contributed by atoms with Crippen LogP contribution in [0.2, 0.25) is 0 Å². The maximum absolute atomic E-state index is 13.2. The van der Waals surface area contributed by atoms with E-state index in [0.29, 0.717) is 23.4 Å². The molecule has 152 valence electrons. The minimum absolute atomic E-state index is 0.123. The van der Waals surface area contributed by atoms with Gasteiger partial charge >= 0.3 is 0 Å². The first-order chi connectivity index (χ1) is 14.7. The van der Waals surface area contributed by atoms with Gasteiger partial charge in [-0.05, 0) is 62.1 Å². The van der Waals surface area contributed by atoms with E-state index in [-0.39, 0.29) is 11.8 Å². The van der Waals surface area contributed by atoms with Gasteiger partial charge < -0.3 is 5.32 Å². The molecule has 1 aromatic heterocycles. The summed E-state index contributed by atoms with van der Waals surface area (Å²) in [5.41, 5.74) is 2.90. The molecule has 0 spiro atoms. The molecule has 2 amide bonds. The lowest BCUT2D eigenvalue weighted by Crippen LogP contribution is -2.31. The largest absolute Gasteiger partial charge is 0.322 e. The van der Waals surface area contributed by atoms with Gasteiger partial charge in [-0.1, -0.05) is 24.3 Å². The topological polar surface area (TPSA) is 62.3 Å². The summed E-state index contributed by atoms with van der Waals surface area (Å²) in [6, 6.07) is 16.0. The van der Waals surface area contributed by atoms with Crippen molar-refractivity contribution in [3.8, 4) is 0 Å². The minimum atomic E-state index is -0.184. The Kier molecular flexibility index (Phi) is 6.05. The molecule has 0 aliphatic heterocycles. The molecule has 3 aromatic rings. The smallest absolute Gasteiger partial charge is 0.260 e. The third-order valence-corrected chi connectivity index (χ3v) is 6.23. The number of rotatable bonds is 6. The van der Waals surface area contributed by atoms with E-state index >= 15 is 0 Å². The average Bonchev–Trinajstić information content (AvgIpc) is 3.22. The molecule has 0 saturated carbocycles. The Labute approximate surface area is 180 Å². The average molecular weight is 418 g/mol. The van der Waals surface area contributed by atoms with Crippen LogP contribution in [0, 0.1) is 0 Å². The second kappa shape index (κ2) is 9.05. The number of carbonyl (C=O) groups excluding carboxylic acids is 2. The molecule has 6 heteroatoms. The summed E-state index contributed by atoms with van der Waals surface area (Å²) in [6.07, 6.45) is 6.07. The molecular weight excluding hydrogens is 394 g/mol. The van der Waals surface area contributed by atoms with Crippen molar-refractivity contribution in [1.82, 2.24) is 4.98 Å².